The molecule has 0 radical (unpaired) electrons. The number of nitrogens with one attached hydrogen (secondary N) is 2. The van der Waals surface area contributed by atoms with Crippen molar-refractivity contribution in [2.75, 3.05) is 39.3 Å². The minimum absolute atomic E-state index is 0.676. The molecule has 35 heavy (non-hydrogen) atoms. The molecule has 2 N–H and O–H groups in total. The molecule has 3 aromatic carbocycles. The number of piperazine rings is 1. The van der Waals surface area contributed by atoms with Crippen LogP contribution in [0.2, 0.25) is 0 Å². The van der Waals surface area contributed by atoms with E-state index in [-0.39, 0.29) is 0 Å². The number of aryl methyl sites for hydroxylation is 2. The maximum absolute atomic E-state index is 6.63. The predicted molar refractivity (Wildman–Crippen MR) is 148 cm³/mol. The van der Waals surface area contributed by atoms with Crippen molar-refractivity contribution < 1.29 is 4.74 Å². The molecule has 0 saturated carbocycles. The van der Waals surface area contributed by atoms with Crippen LogP contribution < -0.4 is 4.74 Å². The molecule has 5 nitrogen and oxygen atoms in total. The van der Waals surface area contributed by atoms with Crippen molar-refractivity contribution in [3.05, 3.63) is 53.6 Å². The van der Waals surface area contributed by atoms with Crippen molar-refractivity contribution in [2.45, 2.75) is 40.2 Å². The highest BCUT2D eigenvalue weighted by Gasteiger charge is 2.21. The Morgan fingerprint density at radius 2 is 1.37 bits per heavy atom. The normalized spacial score (nSPS) is 16.7. The summed E-state index contributed by atoms with van der Waals surface area (Å²) in [6, 6.07) is 16.3. The van der Waals surface area contributed by atoms with Gasteiger partial charge in [0, 0.05) is 71.3 Å². The molecule has 5 aromatic rings. The van der Waals surface area contributed by atoms with Crippen LogP contribution in [0.1, 0.15) is 31.4 Å². The molecule has 0 spiro atoms. The number of fused-ring (bicyclic) bond motifs is 6. The Morgan fingerprint density at radius 3 is 1.91 bits per heavy atom. The Hall–Kier alpha value is -3.02. The van der Waals surface area contributed by atoms with Crippen LogP contribution in [0.5, 0.6) is 5.75 Å². The van der Waals surface area contributed by atoms with Gasteiger partial charge in [0.1, 0.15) is 6.61 Å². The van der Waals surface area contributed by atoms with Crippen molar-refractivity contribution in [3.63, 3.8) is 0 Å². The molecule has 1 aliphatic heterocycles. The topological polar surface area (TPSA) is 47.3 Å². The van der Waals surface area contributed by atoms with Crippen LogP contribution in [-0.4, -0.2) is 65.1 Å². The van der Waals surface area contributed by atoms with Gasteiger partial charge in [0.05, 0.1) is 11.0 Å². The lowest BCUT2D eigenvalue weighted by Gasteiger charge is -2.37. The third-order valence-electron chi connectivity index (χ3n) is 8.01. The second kappa shape index (κ2) is 8.89. The van der Waals surface area contributed by atoms with Gasteiger partial charge < -0.3 is 14.7 Å². The van der Waals surface area contributed by atoms with Crippen molar-refractivity contribution >= 4 is 43.6 Å². The summed E-state index contributed by atoms with van der Waals surface area (Å²) in [4.78, 5) is 12.5. The van der Waals surface area contributed by atoms with E-state index in [1.165, 1.54) is 39.1 Å². The van der Waals surface area contributed by atoms with E-state index in [1.807, 2.05) is 0 Å². The second-order valence-electron chi connectivity index (χ2n) is 10.4. The van der Waals surface area contributed by atoms with Gasteiger partial charge in [-0.2, -0.15) is 0 Å². The lowest BCUT2D eigenvalue weighted by atomic mass is 10.1. The summed E-state index contributed by atoms with van der Waals surface area (Å²) in [5.41, 5.74) is 7.03. The number of aromatic amines is 2. The molecule has 0 bridgehead atoms. The number of hydrogen-bond donors (Lipinski definition) is 2. The van der Waals surface area contributed by atoms with E-state index in [4.69, 9.17) is 4.74 Å². The summed E-state index contributed by atoms with van der Waals surface area (Å²) in [5.74, 6) is 0.943. The molecule has 182 valence electrons. The summed E-state index contributed by atoms with van der Waals surface area (Å²) in [5, 5.41) is 4.98. The molecule has 3 heterocycles. The van der Waals surface area contributed by atoms with Crippen LogP contribution >= 0.6 is 0 Å². The lowest BCUT2D eigenvalue weighted by molar-refractivity contribution is 0.0908. The van der Waals surface area contributed by atoms with E-state index in [0.29, 0.717) is 12.6 Å². The largest absolute Gasteiger partial charge is 0.488 e. The van der Waals surface area contributed by atoms with Crippen LogP contribution in [0.4, 0.5) is 0 Å². The number of H-pyrrole nitrogens is 2. The molecular formula is C30H36N4O. The zero-order valence-electron chi connectivity index (χ0n) is 21.4. The van der Waals surface area contributed by atoms with Crippen LogP contribution in [-0.2, 0) is 0 Å². The van der Waals surface area contributed by atoms with Gasteiger partial charge in [-0.25, -0.2) is 0 Å². The molecule has 1 fully saturated rings. The molecule has 6 rings (SSSR count). The summed E-state index contributed by atoms with van der Waals surface area (Å²) in [6.45, 7) is 15.1. The Morgan fingerprint density at radius 1 is 0.800 bits per heavy atom. The molecule has 1 aliphatic rings. The van der Waals surface area contributed by atoms with Crippen molar-refractivity contribution in [1.29, 1.82) is 0 Å². The predicted octanol–water partition coefficient (Wildman–Crippen LogP) is 6.37. The standard InChI is InChI=1S/C30H36N4O/c1-5-21(4)34-12-10-33(11-13-34)14-15-35-30-28-24(22-16-19(2)6-8-26(22)31-28)18-25-23-17-20(3)7-9-27(23)32-29(25)30/h6-9,16-18,21,31-32H,5,10-15H2,1-4H3. The van der Waals surface area contributed by atoms with Gasteiger partial charge in [0.15, 0.2) is 5.75 Å². The first-order valence-corrected chi connectivity index (χ1v) is 13.1. The fraction of sp³-hybridized carbons (Fsp3) is 0.400. The summed E-state index contributed by atoms with van der Waals surface area (Å²) in [7, 11) is 0. The highest BCUT2D eigenvalue weighted by Crippen LogP contribution is 2.41. The van der Waals surface area contributed by atoms with Gasteiger partial charge in [-0.05, 0) is 57.5 Å². The fourth-order valence-corrected chi connectivity index (χ4v) is 5.69. The number of nitrogens with zero attached hydrogens (tertiary/aromatic N) is 2. The fourth-order valence-electron chi connectivity index (χ4n) is 5.69. The summed E-state index contributed by atoms with van der Waals surface area (Å²) >= 11 is 0. The van der Waals surface area contributed by atoms with E-state index < -0.39 is 0 Å². The van der Waals surface area contributed by atoms with Crippen molar-refractivity contribution in [2.24, 2.45) is 0 Å². The molecular weight excluding hydrogens is 432 g/mol. The quantitative estimate of drug-likeness (QED) is 0.304. The Labute approximate surface area is 207 Å². The molecule has 2 aromatic heterocycles. The first kappa shape index (κ1) is 22.4. The minimum Gasteiger partial charge on any atom is -0.488 e. The van der Waals surface area contributed by atoms with Gasteiger partial charge in [0.2, 0.25) is 0 Å². The zero-order chi connectivity index (χ0) is 24.1. The monoisotopic (exact) mass is 468 g/mol. The van der Waals surface area contributed by atoms with Gasteiger partial charge in [0.25, 0.3) is 0 Å². The number of ether oxygens (including phenoxy) is 1. The summed E-state index contributed by atoms with van der Waals surface area (Å²) < 4.78 is 6.63. The van der Waals surface area contributed by atoms with E-state index in [9.17, 15) is 0 Å². The van der Waals surface area contributed by atoms with Crippen LogP contribution in [0, 0.1) is 13.8 Å². The summed E-state index contributed by atoms with van der Waals surface area (Å²) in [6.07, 6.45) is 1.22. The van der Waals surface area contributed by atoms with Crippen LogP contribution in [0.3, 0.4) is 0 Å². The maximum atomic E-state index is 6.63. The van der Waals surface area contributed by atoms with E-state index >= 15 is 0 Å². The molecule has 5 heteroatoms. The third kappa shape index (κ3) is 3.97. The highest BCUT2D eigenvalue weighted by atomic mass is 16.5. The molecule has 1 unspecified atom stereocenters. The Bertz CT molecular complexity index is 1430. The number of benzene rings is 3. The van der Waals surface area contributed by atoms with Gasteiger partial charge in [-0.15, -0.1) is 0 Å². The second-order valence-corrected chi connectivity index (χ2v) is 10.4. The maximum Gasteiger partial charge on any atom is 0.167 e. The van der Waals surface area contributed by atoms with Gasteiger partial charge >= 0.3 is 0 Å². The highest BCUT2D eigenvalue weighted by molar-refractivity contribution is 6.20. The minimum atomic E-state index is 0.676. The first-order chi connectivity index (χ1) is 17.0. The van der Waals surface area contributed by atoms with Crippen molar-refractivity contribution in [3.8, 4) is 5.75 Å². The number of rotatable bonds is 6. The van der Waals surface area contributed by atoms with E-state index in [1.54, 1.807) is 0 Å². The number of hydrogen-bond acceptors (Lipinski definition) is 3. The smallest absolute Gasteiger partial charge is 0.167 e. The van der Waals surface area contributed by atoms with Crippen LogP contribution in [0.15, 0.2) is 42.5 Å². The Kier molecular flexibility index (Phi) is 5.70. The SMILES string of the molecule is CCC(C)N1CCN(CCOc2c3[nH]c4ccc(C)cc4c3cc3c2[nH]c2ccc(C)cc23)CC1. The zero-order valence-corrected chi connectivity index (χ0v) is 21.4. The third-order valence-corrected chi connectivity index (χ3v) is 8.01. The van der Waals surface area contributed by atoms with Crippen LogP contribution in [0.25, 0.3) is 43.6 Å². The van der Waals surface area contributed by atoms with Gasteiger partial charge in [-0.3, -0.25) is 9.80 Å². The van der Waals surface area contributed by atoms with E-state index in [2.05, 4.69) is 89.9 Å². The number of aromatic nitrogens is 2. The first-order valence-electron chi connectivity index (χ1n) is 13.1. The van der Waals surface area contributed by atoms with E-state index in [0.717, 1.165) is 60.5 Å². The van der Waals surface area contributed by atoms with Crippen molar-refractivity contribution in [1.82, 2.24) is 19.8 Å². The van der Waals surface area contributed by atoms with Gasteiger partial charge in [-0.1, -0.05) is 30.2 Å². The average Bonchev–Trinajstić information content (AvgIpc) is 3.41. The molecule has 0 aliphatic carbocycles. The molecule has 1 atom stereocenters. The lowest BCUT2D eigenvalue weighted by Crippen LogP contribution is -2.50. The molecule has 1 saturated heterocycles. The molecule has 0 amide bonds. The Balaban J connectivity index is 1.36. The average molecular weight is 469 g/mol.